The summed E-state index contributed by atoms with van der Waals surface area (Å²) in [6.45, 7) is 1.57. The standard InChI is InChI=1S/C12H18N4O2S/c13-10(19)12(2-5-18-6-3-12)11(17)15-4-1-9-7-14-8-16-9/h7-8H,1-6H2,(H2,13,19)(H,14,16)(H,15,17). The van der Waals surface area contributed by atoms with Crippen molar-refractivity contribution in [2.45, 2.75) is 19.3 Å². The van der Waals surface area contributed by atoms with E-state index in [-0.39, 0.29) is 10.9 Å². The van der Waals surface area contributed by atoms with Crippen LogP contribution in [0, 0.1) is 5.41 Å². The van der Waals surface area contributed by atoms with Gasteiger partial charge in [0.05, 0.1) is 11.3 Å². The van der Waals surface area contributed by atoms with Crippen LogP contribution in [0.3, 0.4) is 0 Å². The summed E-state index contributed by atoms with van der Waals surface area (Å²) in [5.74, 6) is -0.0946. The monoisotopic (exact) mass is 282 g/mol. The van der Waals surface area contributed by atoms with Crippen molar-refractivity contribution in [1.82, 2.24) is 15.3 Å². The van der Waals surface area contributed by atoms with Crippen molar-refractivity contribution in [2.75, 3.05) is 19.8 Å². The number of carbonyl (C=O) groups excluding carboxylic acids is 1. The number of nitrogens with one attached hydrogen (secondary N) is 2. The SMILES string of the molecule is NC(=S)C1(C(=O)NCCc2cnc[nH]2)CCOCC1. The molecule has 1 aromatic heterocycles. The molecule has 1 amide bonds. The fourth-order valence-electron chi connectivity index (χ4n) is 2.21. The van der Waals surface area contributed by atoms with Crippen molar-refractivity contribution < 1.29 is 9.53 Å². The molecule has 7 heteroatoms. The lowest BCUT2D eigenvalue weighted by atomic mass is 9.79. The minimum Gasteiger partial charge on any atom is -0.392 e. The average molecular weight is 282 g/mol. The van der Waals surface area contributed by atoms with Crippen LogP contribution in [0.25, 0.3) is 0 Å². The Morgan fingerprint density at radius 3 is 2.89 bits per heavy atom. The van der Waals surface area contributed by atoms with E-state index in [2.05, 4.69) is 15.3 Å². The van der Waals surface area contributed by atoms with E-state index in [1.807, 2.05) is 0 Å². The van der Waals surface area contributed by atoms with Crippen molar-refractivity contribution in [2.24, 2.45) is 11.1 Å². The quantitative estimate of drug-likeness (QED) is 0.669. The summed E-state index contributed by atoms with van der Waals surface area (Å²) in [5, 5.41) is 2.90. The molecule has 0 spiro atoms. The summed E-state index contributed by atoms with van der Waals surface area (Å²) in [6, 6.07) is 0. The second-order valence-electron chi connectivity index (χ2n) is 4.64. The molecule has 19 heavy (non-hydrogen) atoms. The van der Waals surface area contributed by atoms with E-state index < -0.39 is 5.41 Å². The van der Waals surface area contributed by atoms with Crippen molar-refractivity contribution in [3.05, 3.63) is 18.2 Å². The van der Waals surface area contributed by atoms with Crippen LogP contribution < -0.4 is 11.1 Å². The third kappa shape index (κ3) is 3.10. The van der Waals surface area contributed by atoms with Crippen LogP contribution in [0.2, 0.25) is 0 Å². The van der Waals surface area contributed by atoms with E-state index in [1.165, 1.54) is 0 Å². The molecule has 0 atom stereocenters. The summed E-state index contributed by atoms with van der Waals surface area (Å²) in [5.41, 5.74) is 6.00. The molecule has 1 aromatic rings. The lowest BCUT2D eigenvalue weighted by molar-refractivity contribution is -0.131. The van der Waals surface area contributed by atoms with E-state index in [0.29, 0.717) is 39.0 Å². The van der Waals surface area contributed by atoms with Crippen LogP contribution in [-0.4, -0.2) is 40.6 Å². The zero-order chi connectivity index (χ0) is 13.7. The Balaban J connectivity index is 1.91. The maximum absolute atomic E-state index is 12.3. The lowest BCUT2D eigenvalue weighted by Crippen LogP contribution is -2.52. The zero-order valence-corrected chi connectivity index (χ0v) is 11.5. The Hall–Kier alpha value is -1.47. The van der Waals surface area contributed by atoms with Gasteiger partial charge >= 0.3 is 0 Å². The summed E-state index contributed by atoms with van der Waals surface area (Å²) in [4.78, 5) is 19.5. The number of aromatic amines is 1. The van der Waals surface area contributed by atoms with Gasteiger partial charge in [0.1, 0.15) is 5.41 Å². The smallest absolute Gasteiger partial charge is 0.233 e. The number of thiocarbonyl (C=S) groups is 1. The number of rotatable bonds is 5. The molecule has 1 fully saturated rings. The molecule has 0 aromatic carbocycles. The lowest BCUT2D eigenvalue weighted by Gasteiger charge is -2.34. The van der Waals surface area contributed by atoms with Gasteiger partial charge in [-0.05, 0) is 12.8 Å². The number of hydrogen-bond acceptors (Lipinski definition) is 4. The largest absolute Gasteiger partial charge is 0.392 e. The highest BCUT2D eigenvalue weighted by Gasteiger charge is 2.42. The molecule has 6 nitrogen and oxygen atoms in total. The van der Waals surface area contributed by atoms with Crippen molar-refractivity contribution in [1.29, 1.82) is 0 Å². The number of ether oxygens (including phenoxy) is 1. The van der Waals surface area contributed by atoms with Gasteiger partial charge < -0.3 is 20.8 Å². The number of amides is 1. The highest BCUT2D eigenvalue weighted by atomic mass is 32.1. The van der Waals surface area contributed by atoms with Gasteiger partial charge in [-0.3, -0.25) is 4.79 Å². The normalized spacial score (nSPS) is 17.9. The van der Waals surface area contributed by atoms with Gasteiger partial charge in [-0.15, -0.1) is 0 Å². The zero-order valence-electron chi connectivity index (χ0n) is 10.6. The minimum absolute atomic E-state index is 0.0946. The van der Waals surface area contributed by atoms with Crippen molar-refractivity contribution >= 4 is 23.1 Å². The van der Waals surface area contributed by atoms with Crippen LogP contribution in [-0.2, 0) is 16.0 Å². The van der Waals surface area contributed by atoms with Crippen molar-refractivity contribution in [3.63, 3.8) is 0 Å². The summed E-state index contributed by atoms with van der Waals surface area (Å²) < 4.78 is 5.28. The minimum atomic E-state index is -0.748. The van der Waals surface area contributed by atoms with Crippen LogP contribution in [0.15, 0.2) is 12.5 Å². The molecule has 0 radical (unpaired) electrons. The van der Waals surface area contributed by atoms with E-state index in [0.717, 1.165) is 5.69 Å². The molecular formula is C12H18N4O2S. The van der Waals surface area contributed by atoms with Crippen LogP contribution in [0.5, 0.6) is 0 Å². The average Bonchev–Trinajstić information content (AvgIpc) is 2.92. The Bertz CT molecular complexity index is 441. The van der Waals surface area contributed by atoms with E-state index in [1.54, 1.807) is 12.5 Å². The van der Waals surface area contributed by atoms with Gasteiger partial charge in [-0.2, -0.15) is 0 Å². The molecule has 1 saturated heterocycles. The first-order chi connectivity index (χ1) is 9.15. The molecule has 1 aliphatic heterocycles. The first kappa shape index (κ1) is 14.0. The number of H-pyrrole nitrogens is 1. The first-order valence-electron chi connectivity index (χ1n) is 6.28. The Morgan fingerprint density at radius 2 is 2.32 bits per heavy atom. The van der Waals surface area contributed by atoms with Crippen LogP contribution >= 0.6 is 12.2 Å². The predicted molar refractivity (Wildman–Crippen MR) is 74.6 cm³/mol. The number of nitrogens with zero attached hydrogens (tertiary/aromatic N) is 1. The second kappa shape index (κ2) is 6.12. The Kier molecular flexibility index (Phi) is 4.49. The third-order valence-corrected chi connectivity index (χ3v) is 3.88. The molecule has 1 aliphatic rings. The number of carbonyl (C=O) groups is 1. The Morgan fingerprint density at radius 1 is 1.58 bits per heavy atom. The molecule has 2 heterocycles. The van der Waals surface area contributed by atoms with Gasteiger partial charge in [0, 0.05) is 38.1 Å². The van der Waals surface area contributed by atoms with Crippen LogP contribution in [0.1, 0.15) is 18.5 Å². The van der Waals surface area contributed by atoms with Crippen LogP contribution in [0.4, 0.5) is 0 Å². The van der Waals surface area contributed by atoms with Gasteiger partial charge in [-0.1, -0.05) is 12.2 Å². The Labute approximate surface area is 117 Å². The number of imidazole rings is 1. The van der Waals surface area contributed by atoms with Gasteiger partial charge in [-0.25, -0.2) is 4.98 Å². The molecule has 0 bridgehead atoms. The maximum atomic E-state index is 12.3. The topological polar surface area (TPSA) is 93.0 Å². The third-order valence-electron chi connectivity index (χ3n) is 3.49. The second-order valence-corrected chi connectivity index (χ2v) is 5.08. The molecule has 0 unspecified atom stereocenters. The molecule has 0 saturated carbocycles. The number of aromatic nitrogens is 2. The summed E-state index contributed by atoms with van der Waals surface area (Å²) in [6.07, 6.45) is 5.17. The number of hydrogen-bond donors (Lipinski definition) is 3. The van der Waals surface area contributed by atoms with Gasteiger partial charge in [0.2, 0.25) is 5.91 Å². The predicted octanol–water partition coefficient (Wildman–Crippen LogP) is 0.151. The van der Waals surface area contributed by atoms with E-state index in [9.17, 15) is 4.79 Å². The molecule has 4 N–H and O–H groups in total. The van der Waals surface area contributed by atoms with E-state index in [4.69, 9.17) is 22.7 Å². The van der Waals surface area contributed by atoms with Gasteiger partial charge in [0.15, 0.2) is 0 Å². The highest BCUT2D eigenvalue weighted by molar-refractivity contribution is 7.80. The van der Waals surface area contributed by atoms with E-state index >= 15 is 0 Å². The maximum Gasteiger partial charge on any atom is 0.233 e. The number of nitrogens with two attached hydrogens (primary N) is 1. The molecule has 0 aliphatic carbocycles. The molecule has 2 rings (SSSR count). The fourth-order valence-corrected chi connectivity index (χ4v) is 2.50. The summed E-state index contributed by atoms with van der Waals surface area (Å²) >= 11 is 5.08. The fraction of sp³-hybridized carbons (Fsp3) is 0.583. The summed E-state index contributed by atoms with van der Waals surface area (Å²) in [7, 11) is 0. The highest BCUT2D eigenvalue weighted by Crippen LogP contribution is 2.31. The molecular weight excluding hydrogens is 264 g/mol. The molecule has 104 valence electrons. The first-order valence-corrected chi connectivity index (χ1v) is 6.69. The van der Waals surface area contributed by atoms with Crippen molar-refractivity contribution in [3.8, 4) is 0 Å². The van der Waals surface area contributed by atoms with Gasteiger partial charge in [0.25, 0.3) is 0 Å².